The maximum atomic E-state index is 13.6. The van der Waals surface area contributed by atoms with Gasteiger partial charge in [-0.05, 0) is 52.8 Å². The lowest BCUT2D eigenvalue weighted by atomic mass is 9.85. The standard InChI is InChI=1S/C26H35ClN2O2S/c1-17(2)15-28(25(31)18(3)27)16-23(30)29-13-11-22-21(12-14-32-22)24(29)19-7-9-20(10-8-19)26(4,5)6/h7-10,12,14,17-18,24H,11,13,15-16H2,1-6H3. The molecule has 0 aliphatic carbocycles. The molecule has 32 heavy (non-hydrogen) atoms. The van der Waals surface area contributed by atoms with E-state index in [4.69, 9.17) is 11.6 Å². The highest BCUT2D eigenvalue weighted by atomic mass is 35.5. The van der Waals surface area contributed by atoms with Gasteiger partial charge in [0.25, 0.3) is 0 Å². The topological polar surface area (TPSA) is 40.6 Å². The Morgan fingerprint density at radius 3 is 2.38 bits per heavy atom. The van der Waals surface area contributed by atoms with Crippen LogP contribution in [0.4, 0.5) is 0 Å². The zero-order valence-corrected chi connectivity index (χ0v) is 21.6. The summed E-state index contributed by atoms with van der Waals surface area (Å²) in [6.45, 7) is 13.6. The van der Waals surface area contributed by atoms with E-state index in [0.717, 1.165) is 12.0 Å². The van der Waals surface area contributed by atoms with Crippen LogP contribution in [0.15, 0.2) is 35.7 Å². The highest BCUT2D eigenvalue weighted by molar-refractivity contribution is 7.10. The van der Waals surface area contributed by atoms with Crippen LogP contribution >= 0.6 is 22.9 Å². The number of halogens is 1. The first-order valence-corrected chi connectivity index (χ1v) is 12.7. The van der Waals surface area contributed by atoms with Crippen LogP contribution in [-0.2, 0) is 21.4 Å². The van der Waals surface area contributed by atoms with E-state index in [2.05, 4.69) is 56.5 Å². The summed E-state index contributed by atoms with van der Waals surface area (Å²) < 4.78 is 0. The third-order valence-electron chi connectivity index (χ3n) is 5.94. The summed E-state index contributed by atoms with van der Waals surface area (Å²) in [6, 6.07) is 10.6. The van der Waals surface area contributed by atoms with Crippen LogP contribution in [0.3, 0.4) is 0 Å². The summed E-state index contributed by atoms with van der Waals surface area (Å²) >= 11 is 7.85. The van der Waals surface area contributed by atoms with Crippen molar-refractivity contribution in [2.75, 3.05) is 19.6 Å². The fourth-order valence-corrected chi connectivity index (χ4v) is 5.33. The van der Waals surface area contributed by atoms with Crippen LogP contribution < -0.4 is 0 Å². The Balaban J connectivity index is 1.91. The Morgan fingerprint density at radius 2 is 1.81 bits per heavy atom. The lowest BCUT2D eigenvalue weighted by molar-refractivity contribution is -0.141. The average Bonchev–Trinajstić information content (AvgIpc) is 3.19. The number of thiophene rings is 1. The summed E-state index contributed by atoms with van der Waals surface area (Å²) in [4.78, 5) is 31.1. The van der Waals surface area contributed by atoms with Gasteiger partial charge in [0, 0.05) is 18.0 Å². The molecule has 0 saturated carbocycles. The second-order valence-electron chi connectivity index (χ2n) is 10.1. The van der Waals surface area contributed by atoms with Crippen LogP contribution in [0.25, 0.3) is 0 Å². The molecule has 4 nitrogen and oxygen atoms in total. The first-order chi connectivity index (χ1) is 15.0. The van der Waals surface area contributed by atoms with Gasteiger partial charge in [-0.25, -0.2) is 0 Å². The smallest absolute Gasteiger partial charge is 0.242 e. The van der Waals surface area contributed by atoms with Crippen molar-refractivity contribution in [1.29, 1.82) is 0 Å². The van der Waals surface area contributed by atoms with Gasteiger partial charge in [0.15, 0.2) is 0 Å². The number of carbonyl (C=O) groups is 2. The molecule has 2 amide bonds. The van der Waals surface area contributed by atoms with Crippen LogP contribution in [0.1, 0.15) is 69.2 Å². The predicted octanol–water partition coefficient (Wildman–Crippen LogP) is 5.63. The van der Waals surface area contributed by atoms with Gasteiger partial charge < -0.3 is 9.80 Å². The summed E-state index contributed by atoms with van der Waals surface area (Å²) in [5, 5.41) is 1.46. The average molecular weight is 475 g/mol. The number of rotatable bonds is 6. The van der Waals surface area contributed by atoms with Crippen molar-refractivity contribution in [2.45, 2.75) is 64.8 Å². The van der Waals surface area contributed by atoms with Crippen molar-refractivity contribution in [1.82, 2.24) is 9.80 Å². The Morgan fingerprint density at radius 1 is 1.16 bits per heavy atom. The third kappa shape index (κ3) is 5.55. The Labute approximate surface area is 201 Å². The Kier molecular flexibility index (Phi) is 7.72. The zero-order valence-electron chi connectivity index (χ0n) is 20.0. The van der Waals surface area contributed by atoms with Crippen LogP contribution in [0, 0.1) is 5.92 Å². The van der Waals surface area contributed by atoms with E-state index < -0.39 is 5.38 Å². The van der Waals surface area contributed by atoms with E-state index in [-0.39, 0.29) is 35.7 Å². The maximum Gasteiger partial charge on any atom is 0.242 e. The molecule has 6 heteroatoms. The number of alkyl halides is 1. The van der Waals surface area contributed by atoms with Crippen LogP contribution in [0.5, 0.6) is 0 Å². The molecule has 1 aromatic heterocycles. The lowest BCUT2D eigenvalue weighted by Gasteiger charge is -2.38. The maximum absolute atomic E-state index is 13.6. The molecule has 2 aromatic rings. The van der Waals surface area contributed by atoms with E-state index in [0.29, 0.717) is 13.1 Å². The van der Waals surface area contributed by atoms with Crippen LogP contribution in [0.2, 0.25) is 0 Å². The second kappa shape index (κ2) is 9.96. The molecule has 0 N–H and O–H groups in total. The van der Waals surface area contributed by atoms with E-state index in [1.807, 2.05) is 18.7 Å². The molecule has 2 atom stereocenters. The summed E-state index contributed by atoms with van der Waals surface area (Å²) in [5.41, 5.74) is 3.65. The van der Waals surface area contributed by atoms with Crippen LogP contribution in [-0.4, -0.2) is 46.6 Å². The van der Waals surface area contributed by atoms with Crippen molar-refractivity contribution in [2.24, 2.45) is 5.92 Å². The fourth-order valence-electron chi connectivity index (χ4n) is 4.29. The van der Waals surface area contributed by atoms with Gasteiger partial charge in [-0.15, -0.1) is 22.9 Å². The van der Waals surface area contributed by atoms with E-state index in [9.17, 15) is 9.59 Å². The molecule has 0 radical (unpaired) electrons. The van der Waals surface area contributed by atoms with Gasteiger partial charge in [0.1, 0.15) is 5.38 Å². The van der Waals surface area contributed by atoms with E-state index >= 15 is 0 Å². The van der Waals surface area contributed by atoms with Gasteiger partial charge in [0.05, 0.1) is 12.6 Å². The highest BCUT2D eigenvalue weighted by Gasteiger charge is 2.34. The van der Waals surface area contributed by atoms with Gasteiger partial charge in [-0.2, -0.15) is 0 Å². The summed E-state index contributed by atoms with van der Waals surface area (Å²) in [7, 11) is 0. The molecule has 2 unspecified atom stereocenters. The molecule has 2 heterocycles. The molecule has 0 spiro atoms. The largest absolute Gasteiger partial charge is 0.332 e. The number of benzene rings is 1. The first kappa shape index (κ1) is 24.8. The van der Waals surface area contributed by atoms with Gasteiger partial charge in [-0.3, -0.25) is 9.59 Å². The minimum Gasteiger partial charge on any atom is -0.332 e. The Hall–Kier alpha value is -1.85. The molecule has 1 aliphatic heterocycles. The molecular weight excluding hydrogens is 440 g/mol. The van der Waals surface area contributed by atoms with Gasteiger partial charge in [-0.1, -0.05) is 58.9 Å². The van der Waals surface area contributed by atoms with Crippen molar-refractivity contribution >= 4 is 34.8 Å². The van der Waals surface area contributed by atoms with E-state index in [1.54, 1.807) is 23.2 Å². The number of carbonyl (C=O) groups excluding carboxylic acids is 2. The van der Waals surface area contributed by atoms with Crippen molar-refractivity contribution in [3.05, 3.63) is 57.3 Å². The second-order valence-corrected chi connectivity index (χ2v) is 11.8. The molecule has 174 valence electrons. The van der Waals surface area contributed by atoms with Crippen molar-refractivity contribution in [3.63, 3.8) is 0 Å². The quantitative estimate of drug-likeness (QED) is 0.509. The SMILES string of the molecule is CC(C)CN(CC(=O)N1CCc2sccc2C1c1ccc(C(C)(C)C)cc1)C(=O)C(C)Cl. The minimum absolute atomic E-state index is 0.0296. The summed E-state index contributed by atoms with van der Waals surface area (Å²) in [6.07, 6.45) is 0.847. The Bertz CT molecular complexity index is 943. The molecule has 0 saturated heterocycles. The molecule has 0 bridgehead atoms. The number of fused-ring (bicyclic) bond motifs is 1. The predicted molar refractivity (Wildman–Crippen MR) is 133 cm³/mol. The normalized spacial score (nSPS) is 17.2. The lowest BCUT2D eigenvalue weighted by Crippen LogP contribution is -2.48. The van der Waals surface area contributed by atoms with Crippen molar-refractivity contribution < 1.29 is 9.59 Å². The first-order valence-electron chi connectivity index (χ1n) is 11.4. The monoisotopic (exact) mass is 474 g/mol. The number of nitrogens with zero attached hydrogens (tertiary/aromatic N) is 2. The van der Waals surface area contributed by atoms with E-state index in [1.165, 1.54) is 16.0 Å². The fraction of sp³-hybridized carbons (Fsp3) is 0.538. The van der Waals surface area contributed by atoms with Crippen molar-refractivity contribution in [3.8, 4) is 0 Å². The summed E-state index contributed by atoms with van der Waals surface area (Å²) in [5.74, 6) is 0.0406. The molecule has 1 aromatic carbocycles. The third-order valence-corrected chi connectivity index (χ3v) is 7.13. The molecule has 1 aliphatic rings. The number of amides is 2. The highest BCUT2D eigenvalue weighted by Crippen LogP contribution is 2.38. The minimum atomic E-state index is -0.646. The van der Waals surface area contributed by atoms with Gasteiger partial charge >= 0.3 is 0 Å². The molecule has 0 fully saturated rings. The number of hydrogen-bond donors (Lipinski definition) is 0. The number of hydrogen-bond acceptors (Lipinski definition) is 3. The molecular formula is C26H35ClN2O2S. The van der Waals surface area contributed by atoms with Gasteiger partial charge in [0.2, 0.25) is 11.8 Å². The zero-order chi connectivity index (χ0) is 23.6. The molecule has 3 rings (SSSR count).